The molecule has 0 bridgehead atoms. The fraction of sp³-hybridized carbons (Fsp3) is 0.300. The number of halogens is 1. The van der Waals surface area contributed by atoms with Crippen LogP contribution in [-0.4, -0.2) is 19.0 Å². The van der Waals surface area contributed by atoms with Crippen molar-refractivity contribution in [1.82, 2.24) is 0 Å². The smallest absolute Gasteiger partial charge is 0.188 e. The molecule has 1 rings (SSSR count). The van der Waals surface area contributed by atoms with Gasteiger partial charge in [0.05, 0.1) is 0 Å². The molecule has 0 aliphatic rings. The number of benzene rings is 1. The standard InChI is InChI=1S/C10H11IO2/c1-2-13-7-10(12)8-4-3-5-9(11)6-8/h3-6H,2,7H2,1H3. The van der Waals surface area contributed by atoms with Crippen LogP contribution in [-0.2, 0) is 4.74 Å². The molecule has 2 nitrogen and oxygen atoms in total. The Balaban J connectivity index is 2.66. The molecule has 0 aromatic heterocycles. The Hall–Kier alpha value is -0.420. The van der Waals surface area contributed by atoms with Crippen LogP contribution in [0.25, 0.3) is 0 Å². The average molecular weight is 290 g/mol. The van der Waals surface area contributed by atoms with Crippen LogP contribution in [0.5, 0.6) is 0 Å². The molecule has 0 aliphatic heterocycles. The van der Waals surface area contributed by atoms with Gasteiger partial charge in [-0.2, -0.15) is 0 Å². The predicted molar refractivity (Wildman–Crippen MR) is 60.0 cm³/mol. The lowest BCUT2D eigenvalue weighted by Gasteiger charge is -2.01. The van der Waals surface area contributed by atoms with Crippen LogP contribution in [0.2, 0.25) is 0 Å². The second-order valence-electron chi connectivity index (χ2n) is 2.57. The molecule has 0 heterocycles. The molecule has 0 atom stereocenters. The van der Waals surface area contributed by atoms with E-state index in [1.807, 2.05) is 31.2 Å². The summed E-state index contributed by atoms with van der Waals surface area (Å²) in [7, 11) is 0. The van der Waals surface area contributed by atoms with Crippen molar-refractivity contribution in [2.24, 2.45) is 0 Å². The lowest BCUT2D eigenvalue weighted by atomic mass is 10.1. The molecular weight excluding hydrogens is 279 g/mol. The maximum Gasteiger partial charge on any atom is 0.188 e. The van der Waals surface area contributed by atoms with E-state index in [1.54, 1.807) is 0 Å². The van der Waals surface area contributed by atoms with Gasteiger partial charge in [-0.15, -0.1) is 0 Å². The zero-order chi connectivity index (χ0) is 9.68. The first-order valence-corrected chi connectivity index (χ1v) is 5.18. The number of carbonyl (C=O) groups is 1. The number of rotatable bonds is 4. The summed E-state index contributed by atoms with van der Waals surface area (Å²) >= 11 is 2.18. The van der Waals surface area contributed by atoms with E-state index in [0.29, 0.717) is 6.61 Å². The van der Waals surface area contributed by atoms with E-state index in [2.05, 4.69) is 22.6 Å². The third-order valence-electron chi connectivity index (χ3n) is 1.58. The van der Waals surface area contributed by atoms with Crippen molar-refractivity contribution in [2.75, 3.05) is 13.2 Å². The van der Waals surface area contributed by atoms with Gasteiger partial charge in [0.25, 0.3) is 0 Å². The molecule has 1 aromatic carbocycles. The number of carbonyl (C=O) groups excluding carboxylic acids is 1. The molecule has 0 saturated heterocycles. The van der Waals surface area contributed by atoms with Crippen LogP contribution in [0.1, 0.15) is 17.3 Å². The second-order valence-corrected chi connectivity index (χ2v) is 3.82. The number of Topliss-reactive ketones (excluding diaryl/α,β-unsaturated/α-hetero) is 1. The molecule has 70 valence electrons. The van der Waals surface area contributed by atoms with Crippen LogP contribution >= 0.6 is 22.6 Å². The van der Waals surface area contributed by atoms with Crippen LogP contribution in [0, 0.1) is 3.57 Å². The number of ketones is 1. The summed E-state index contributed by atoms with van der Waals surface area (Å²) in [6, 6.07) is 7.50. The molecular formula is C10H11IO2. The largest absolute Gasteiger partial charge is 0.374 e. The summed E-state index contributed by atoms with van der Waals surface area (Å²) < 4.78 is 6.11. The molecule has 0 amide bonds. The highest BCUT2D eigenvalue weighted by Gasteiger charge is 2.04. The Morgan fingerprint density at radius 3 is 2.92 bits per heavy atom. The number of ether oxygens (including phenoxy) is 1. The number of hydrogen-bond acceptors (Lipinski definition) is 2. The summed E-state index contributed by atoms with van der Waals surface area (Å²) in [5.74, 6) is 0.0420. The molecule has 0 N–H and O–H groups in total. The van der Waals surface area contributed by atoms with Crippen molar-refractivity contribution in [1.29, 1.82) is 0 Å². The fourth-order valence-electron chi connectivity index (χ4n) is 0.940. The average Bonchev–Trinajstić information content (AvgIpc) is 2.14. The molecule has 0 radical (unpaired) electrons. The Morgan fingerprint density at radius 1 is 1.54 bits per heavy atom. The Kier molecular flexibility index (Phi) is 4.38. The van der Waals surface area contributed by atoms with Gasteiger partial charge in [-0.05, 0) is 41.6 Å². The first-order chi connectivity index (χ1) is 6.24. The molecule has 3 heteroatoms. The predicted octanol–water partition coefficient (Wildman–Crippen LogP) is 2.51. The summed E-state index contributed by atoms with van der Waals surface area (Å²) in [5, 5.41) is 0. The van der Waals surface area contributed by atoms with Crippen molar-refractivity contribution in [3.63, 3.8) is 0 Å². The lowest BCUT2D eigenvalue weighted by molar-refractivity contribution is 0.0783. The van der Waals surface area contributed by atoms with Gasteiger partial charge in [0, 0.05) is 15.7 Å². The van der Waals surface area contributed by atoms with Crippen LogP contribution in [0.15, 0.2) is 24.3 Å². The van der Waals surface area contributed by atoms with Gasteiger partial charge < -0.3 is 4.74 Å². The van der Waals surface area contributed by atoms with E-state index >= 15 is 0 Å². The highest BCUT2D eigenvalue weighted by atomic mass is 127. The number of hydrogen-bond donors (Lipinski definition) is 0. The maximum atomic E-state index is 11.4. The maximum absolute atomic E-state index is 11.4. The SMILES string of the molecule is CCOCC(=O)c1cccc(I)c1. The summed E-state index contributed by atoms with van der Waals surface area (Å²) in [4.78, 5) is 11.4. The lowest BCUT2D eigenvalue weighted by Crippen LogP contribution is -2.08. The first-order valence-electron chi connectivity index (χ1n) is 4.10. The quantitative estimate of drug-likeness (QED) is 0.629. The van der Waals surface area contributed by atoms with Gasteiger partial charge in [0.15, 0.2) is 5.78 Å². The zero-order valence-corrected chi connectivity index (χ0v) is 9.58. The van der Waals surface area contributed by atoms with Gasteiger partial charge in [-0.1, -0.05) is 12.1 Å². The van der Waals surface area contributed by atoms with E-state index in [9.17, 15) is 4.79 Å². The van der Waals surface area contributed by atoms with Crippen LogP contribution in [0.4, 0.5) is 0 Å². The molecule has 0 saturated carbocycles. The van der Waals surface area contributed by atoms with Crippen LogP contribution < -0.4 is 0 Å². The fourth-order valence-corrected chi connectivity index (χ4v) is 1.48. The molecule has 0 fully saturated rings. The van der Waals surface area contributed by atoms with Crippen molar-refractivity contribution < 1.29 is 9.53 Å². The van der Waals surface area contributed by atoms with Gasteiger partial charge in [0.1, 0.15) is 6.61 Å². The van der Waals surface area contributed by atoms with E-state index in [-0.39, 0.29) is 12.4 Å². The van der Waals surface area contributed by atoms with E-state index in [1.165, 1.54) is 0 Å². The second kappa shape index (κ2) is 5.34. The topological polar surface area (TPSA) is 26.3 Å². The van der Waals surface area contributed by atoms with Crippen molar-refractivity contribution in [3.05, 3.63) is 33.4 Å². The third kappa shape index (κ3) is 3.44. The molecule has 0 aliphatic carbocycles. The van der Waals surface area contributed by atoms with Crippen molar-refractivity contribution in [2.45, 2.75) is 6.92 Å². The molecule has 0 unspecified atom stereocenters. The molecule has 13 heavy (non-hydrogen) atoms. The summed E-state index contributed by atoms with van der Waals surface area (Å²) in [5.41, 5.74) is 0.723. The minimum atomic E-state index is 0.0420. The minimum Gasteiger partial charge on any atom is -0.374 e. The van der Waals surface area contributed by atoms with E-state index < -0.39 is 0 Å². The minimum absolute atomic E-state index is 0.0420. The van der Waals surface area contributed by atoms with Gasteiger partial charge >= 0.3 is 0 Å². The Morgan fingerprint density at radius 2 is 2.31 bits per heavy atom. The Labute approximate surface area is 91.4 Å². The third-order valence-corrected chi connectivity index (χ3v) is 2.25. The normalized spacial score (nSPS) is 10.0. The van der Waals surface area contributed by atoms with Gasteiger partial charge in [0.2, 0.25) is 0 Å². The molecule has 0 spiro atoms. The molecule has 1 aromatic rings. The van der Waals surface area contributed by atoms with E-state index in [4.69, 9.17) is 4.74 Å². The van der Waals surface area contributed by atoms with E-state index in [0.717, 1.165) is 9.13 Å². The van der Waals surface area contributed by atoms with Crippen molar-refractivity contribution in [3.8, 4) is 0 Å². The van der Waals surface area contributed by atoms with Crippen molar-refractivity contribution >= 4 is 28.4 Å². The van der Waals surface area contributed by atoms with Crippen LogP contribution in [0.3, 0.4) is 0 Å². The highest BCUT2D eigenvalue weighted by molar-refractivity contribution is 14.1. The summed E-state index contributed by atoms with van der Waals surface area (Å²) in [6.07, 6.45) is 0. The highest BCUT2D eigenvalue weighted by Crippen LogP contribution is 2.08. The first kappa shape index (κ1) is 10.7. The summed E-state index contributed by atoms with van der Waals surface area (Å²) in [6.45, 7) is 2.63. The monoisotopic (exact) mass is 290 g/mol. The Bertz CT molecular complexity index is 297. The van der Waals surface area contributed by atoms with Gasteiger partial charge in [-0.3, -0.25) is 4.79 Å². The van der Waals surface area contributed by atoms with Gasteiger partial charge in [-0.25, -0.2) is 0 Å². The zero-order valence-electron chi connectivity index (χ0n) is 7.42.